The molecule has 62 heavy (non-hydrogen) atoms. The molecule has 4 nitrogen and oxygen atoms in total. The van der Waals surface area contributed by atoms with Crippen LogP contribution in [0.1, 0.15) is 57.1 Å². The minimum absolute atomic E-state index is 0.243. The molecule has 1 aromatic heterocycles. The third-order valence-corrected chi connectivity index (χ3v) is 19.8. The van der Waals surface area contributed by atoms with Crippen LogP contribution in [0, 0.1) is 13.8 Å². The topological polar surface area (TPSA) is 30.7 Å². The van der Waals surface area contributed by atoms with E-state index in [0.717, 1.165) is 47.0 Å². The van der Waals surface area contributed by atoms with E-state index in [1.165, 1.54) is 89.0 Å². The second-order valence-electron chi connectivity index (χ2n) is 17.8. The fourth-order valence-corrected chi connectivity index (χ4v) is 17.1. The Morgan fingerprint density at radius 3 is 1.84 bits per heavy atom. The molecular formula is C56H55NO3SSi. The van der Waals surface area contributed by atoms with Gasteiger partial charge >= 0.3 is 0 Å². The van der Waals surface area contributed by atoms with Crippen LogP contribution >= 0.6 is 11.3 Å². The van der Waals surface area contributed by atoms with E-state index >= 15 is 0 Å². The molecule has 0 N–H and O–H groups in total. The van der Waals surface area contributed by atoms with Crippen LogP contribution in [-0.4, -0.2) is 40.5 Å². The lowest BCUT2D eigenvalue weighted by Crippen LogP contribution is -2.72. The summed E-state index contributed by atoms with van der Waals surface area (Å²) in [7, 11) is 0.761. The molecule has 1 saturated heterocycles. The quantitative estimate of drug-likeness (QED) is 0.0620. The van der Waals surface area contributed by atoms with Gasteiger partial charge in [0.25, 0.3) is 0 Å². The first kappa shape index (κ1) is 40.3. The highest BCUT2D eigenvalue weighted by Crippen LogP contribution is 2.47. The van der Waals surface area contributed by atoms with Crippen LogP contribution in [0.2, 0.25) is 0 Å². The van der Waals surface area contributed by atoms with Gasteiger partial charge < -0.3 is 19.1 Å². The molecule has 8 aromatic rings. The lowest BCUT2D eigenvalue weighted by atomic mass is 9.98. The zero-order valence-electron chi connectivity index (χ0n) is 36.8. The molecule has 2 aliphatic rings. The Morgan fingerprint density at radius 2 is 1.16 bits per heavy atom. The molecule has 10 rings (SSSR count). The number of hydrogen-bond donors (Lipinski definition) is 0. The molecular weight excluding hydrogens is 795 g/mol. The Labute approximate surface area is 371 Å². The van der Waals surface area contributed by atoms with Crippen LogP contribution in [0.4, 0.5) is 5.69 Å². The first-order valence-corrected chi connectivity index (χ1v) is 25.0. The van der Waals surface area contributed by atoms with Gasteiger partial charge in [-0.25, -0.2) is 0 Å². The molecule has 312 valence electrons. The predicted molar refractivity (Wildman–Crippen MR) is 265 cm³/mol. The maximum Gasteiger partial charge on any atom is 0.180 e. The van der Waals surface area contributed by atoms with Crippen molar-refractivity contribution in [3.63, 3.8) is 0 Å². The lowest BCUT2D eigenvalue weighted by molar-refractivity contribution is 0.302. The summed E-state index contributed by atoms with van der Waals surface area (Å²) in [5.74, 6) is 2.77. The highest BCUT2D eigenvalue weighted by atomic mass is 32.1. The van der Waals surface area contributed by atoms with Gasteiger partial charge in [0, 0.05) is 31.4 Å². The highest BCUT2D eigenvalue weighted by molar-refractivity contribution is 7.26. The zero-order valence-corrected chi connectivity index (χ0v) is 38.6. The number of anilines is 1. The third-order valence-electron chi connectivity index (χ3n) is 13.8. The summed E-state index contributed by atoms with van der Waals surface area (Å²) in [6.07, 6.45) is 5.95. The Bertz CT molecular complexity index is 2880. The molecule has 0 saturated carbocycles. The van der Waals surface area contributed by atoms with Gasteiger partial charge in [0.1, 0.15) is 17.2 Å². The van der Waals surface area contributed by atoms with Crippen molar-refractivity contribution in [3.05, 3.63) is 157 Å². The van der Waals surface area contributed by atoms with Gasteiger partial charge in [-0.2, -0.15) is 0 Å². The normalized spacial score (nSPS) is 15.7. The van der Waals surface area contributed by atoms with Gasteiger partial charge in [-0.3, -0.25) is 0 Å². The smallest absolute Gasteiger partial charge is 0.180 e. The van der Waals surface area contributed by atoms with Crippen molar-refractivity contribution in [2.24, 2.45) is 0 Å². The SMILES string of the molecule is COc1cc2c(cc1C)sc1cc(-c3ccc4c(c3)[Si](c3ccccc3)(c3ccccc3)c3cc(C)c(OCCCCCCC5N(c6ccccc6)C5(C)C)cc3-4)c(OC)cc12. The number of thiophene rings is 1. The Kier molecular flexibility index (Phi) is 10.5. The summed E-state index contributed by atoms with van der Waals surface area (Å²) in [5, 5.41) is 7.99. The van der Waals surface area contributed by atoms with Crippen molar-refractivity contribution >= 4 is 66.0 Å². The molecule has 0 amide bonds. The molecule has 1 unspecified atom stereocenters. The van der Waals surface area contributed by atoms with Gasteiger partial charge in [-0.05, 0) is 132 Å². The first-order valence-electron chi connectivity index (χ1n) is 22.2. The maximum atomic E-state index is 6.70. The number of unbranched alkanes of at least 4 members (excludes halogenated alkanes) is 3. The van der Waals surface area contributed by atoms with E-state index < -0.39 is 8.07 Å². The number of aryl methyl sites for hydroxylation is 2. The number of fused-ring (bicyclic) bond motifs is 6. The predicted octanol–water partition coefficient (Wildman–Crippen LogP) is 11.7. The number of rotatable bonds is 14. The summed E-state index contributed by atoms with van der Waals surface area (Å²) in [6.45, 7) is 9.83. The molecule has 0 aliphatic carbocycles. The van der Waals surface area contributed by atoms with Crippen LogP contribution < -0.4 is 39.9 Å². The molecule has 1 fully saturated rings. The molecule has 3 heterocycles. The van der Waals surface area contributed by atoms with Crippen molar-refractivity contribution in [1.29, 1.82) is 0 Å². The highest BCUT2D eigenvalue weighted by Gasteiger charge is 2.54. The van der Waals surface area contributed by atoms with Crippen molar-refractivity contribution in [2.45, 2.75) is 71.4 Å². The van der Waals surface area contributed by atoms with Gasteiger partial charge in [0.05, 0.1) is 32.4 Å². The van der Waals surface area contributed by atoms with E-state index in [9.17, 15) is 0 Å². The number of methoxy groups -OCH3 is 2. The average molecular weight is 850 g/mol. The summed E-state index contributed by atoms with van der Waals surface area (Å²) in [5.41, 5.74) is 8.78. The maximum absolute atomic E-state index is 6.70. The van der Waals surface area contributed by atoms with Crippen LogP contribution in [-0.2, 0) is 0 Å². The monoisotopic (exact) mass is 849 g/mol. The zero-order chi connectivity index (χ0) is 42.6. The second kappa shape index (κ2) is 16.1. The van der Waals surface area contributed by atoms with Crippen molar-refractivity contribution < 1.29 is 14.2 Å². The molecule has 0 bridgehead atoms. The number of hydrogen-bond acceptors (Lipinski definition) is 5. The summed E-state index contributed by atoms with van der Waals surface area (Å²) < 4.78 is 21.1. The molecule has 6 heteroatoms. The third kappa shape index (κ3) is 6.70. The van der Waals surface area contributed by atoms with Crippen molar-refractivity contribution in [2.75, 3.05) is 25.7 Å². The summed E-state index contributed by atoms with van der Waals surface area (Å²) >= 11 is 1.83. The molecule has 0 radical (unpaired) electrons. The molecule has 2 aliphatic heterocycles. The van der Waals surface area contributed by atoms with E-state index in [1.54, 1.807) is 14.2 Å². The fraction of sp³-hybridized carbons (Fsp3) is 0.250. The van der Waals surface area contributed by atoms with Gasteiger partial charge in [-0.15, -0.1) is 11.3 Å². The van der Waals surface area contributed by atoms with Gasteiger partial charge in [0.2, 0.25) is 0 Å². The molecule has 7 aromatic carbocycles. The number of nitrogens with zero attached hydrogens (tertiary/aromatic N) is 1. The standard InChI is InChI=1S/C56H55NO3SSi/c1-37-30-51-45(33-48(37)58-5)46-34-50(59-6)44(36-52(46)61-51)39-27-28-43-47-35-49(60-29-19-8-7-18-26-55-56(3,4)57(55)40-20-12-9-13-21-40)38(2)31-53(47)62(54(43)32-39,41-22-14-10-15-23-41)42-24-16-11-17-25-42/h9-17,20-25,27-28,30-36,55H,7-8,18-19,26,29H2,1-6H3. The lowest BCUT2D eigenvalue weighted by Gasteiger charge is -2.32. The largest absolute Gasteiger partial charge is 0.496 e. The van der Waals surface area contributed by atoms with Crippen LogP contribution in [0.15, 0.2) is 146 Å². The Morgan fingerprint density at radius 1 is 0.565 bits per heavy atom. The number of para-hydroxylation sites is 1. The van der Waals surface area contributed by atoms with Crippen molar-refractivity contribution in [3.8, 4) is 39.5 Å². The minimum Gasteiger partial charge on any atom is -0.496 e. The molecule has 0 spiro atoms. The second-order valence-corrected chi connectivity index (χ2v) is 22.6. The van der Waals surface area contributed by atoms with E-state index in [-0.39, 0.29) is 5.54 Å². The Balaban J connectivity index is 0.974. The summed E-state index contributed by atoms with van der Waals surface area (Å²) in [6, 6.07) is 55.0. The fourth-order valence-electron chi connectivity index (χ4n) is 10.6. The minimum atomic E-state index is -2.77. The number of benzene rings is 7. The van der Waals surface area contributed by atoms with E-state index in [0.29, 0.717) is 6.04 Å². The Hall–Kier alpha value is -5.82. The van der Waals surface area contributed by atoms with Crippen LogP contribution in [0.25, 0.3) is 42.4 Å². The van der Waals surface area contributed by atoms with Crippen molar-refractivity contribution in [1.82, 2.24) is 0 Å². The van der Waals surface area contributed by atoms with Crippen LogP contribution in [0.3, 0.4) is 0 Å². The van der Waals surface area contributed by atoms with E-state index in [2.05, 4.69) is 178 Å². The van der Waals surface area contributed by atoms with E-state index in [1.807, 2.05) is 11.3 Å². The van der Waals surface area contributed by atoms with Gasteiger partial charge in [0.15, 0.2) is 8.07 Å². The number of ether oxygens (including phenoxy) is 3. The summed E-state index contributed by atoms with van der Waals surface area (Å²) in [4.78, 5) is 2.58. The van der Waals surface area contributed by atoms with Crippen LogP contribution in [0.5, 0.6) is 17.2 Å². The van der Waals surface area contributed by atoms with Gasteiger partial charge in [-0.1, -0.05) is 122 Å². The first-order chi connectivity index (χ1) is 30.2. The average Bonchev–Trinajstić information content (AvgIpc) is 3.52. The van der Waals surface area contributed by atoms with E-state index in [4.69, 9.17) is 14.2 Å². The molecule has 1 atom stereocenters.